The fraction of sp³-hybridized carbons (Fsp3) is 0.333. The normalized spacial score (nSPS) is 13.3. The average molecular weight is 407 g/mol. The lowest BCUT2D eigenvalue weighted by Gasteiger charge is -2.17. The Morgan fingerprint density at radius 2 is 1.86 bits per heavy atom. The van der Waals surface area contributed by atoms with Gasteiger partial charge in [0, 0.05) is 37.1 Å². The summed E-state index contributed by atoms with van der Waals surface area (Å²) in [7, 11) is -0.171. The van der Waals surface area contributed by atoms with Gasteiger partial charge in [-0.3, -0.25) is 9.79 Å². The zero-order valence-electron chi connectivity index (χ0n) is 15.8. The molecule has 1 atom stereocenters. The van der Waals surface area contributed by atoms with Gasteiger partial charge in [0.05, 0.1) is 4.90 Å². The molecule has 0 radical (unpaired) electrons. The van der Waals surface area contributed by atoms with Crippen molar-refractivity contribution < 1.29 is 18.3 Å². The highest BCUT2D eigenvalue weighted by atomic mass is 32.2. The van der Waals surface area contributed by atoms with Crippen molar-refractivity contribution in [3.63, 3.8) is 0 Å². The Morgan fingerprint density at radius 3 is 2.50 bits per heavy atom. The van der Waals surface area contributed by atoms with Crippen molar-refractivity contribution in [2.45, 2.75) is 23.8 Å². The zero-order chi connectivity index (χ0) is 20.9. The average Bonchev–Trinajstić information content (AvgIpc) is 2.63. The third-order valence-electron chi connectivity index (χ3n) is 4.14. The van der Waals surface area contributed by atoms with Crippen LogP contribution in [-0.4, -0.2) is 52.1 Å². The molecular formula is C18H25N5O4S. The Bertz CT molecular complexity index is 989. The van der Waals surface area contributed by atoms with Crippen LogP contribution in [0.5, 0.6) is 0 Å². The van der Waals surface area contributed by atoms with Crippen LogP contribution >= 0.6 is 0 Å². The summed E-state index contributed by atoms with van der Waals surface area (Å²) in [6.45, 7) is 0.162. The van der Waals surface area contributed by atoms with Gasteiger partial charge in [0.15, 0.2) is 0 Å². The van der Waals surface area contributed by atoms with Crippen molar-refractivity contribution in [1.82, 2.24) is 4.72 Å². The fourth-order valence-corrected chi connectivity index (χ4v) is 3.92. The fourth-order valence-electron chi connectivity index (χ4n) is 2.75. The minimum absolute atomic E-state index is 0.0970. The number of hydrogen-bond donors (Lipinski definition) is 4. The quantitative estimate of drug-likeness (QED) is 0.285. The van der Waals surface area contributed by atoms with E-state index < -0.39 is 22.0 Å². The van der Waals surface area contributed by atoms with Gasteiger partial charge in [-0.1, -0.05) is 24.3 Å². The van der Waals surface area contributed by atoms with Gasteiger partial charge in [0.2, 0.25) is 5.96 Å². The maximum atomic E-state index is 12.8. The van der Waals surface area contributed by atoms with Gasteiger partial charge in [-0.15, -0.1) is 0 Å². The Hall–Kier alpha value is -2.85. The van der Waals surface area contributed by atoms with Crippen LogP contribution < -0.4 is 21.1 Å². The number of benzene rings is 2. The number of nitrogens with zero attached hydrogens (tertiary/aromatic N) is 2. The van der Waals surface area contributed by atoms with E-state index in [1.54, 1.807) is 18.2 Å². The molecule has 0 saturated heterocycles. The van der Waals surface area contributed by atoms with Crippen LogP contribution in [-0.2, 0) is 14.8 Å². The molecule has 0 saturated carbocycles. The molecule has 0 aliphatic heterocycles. The third-order valence-corrected chi connectivity index (χ3v) is 5.55. The van der Waals surface area contributed by atoms with Gasteiger partial charge >= 0.3 is 5.97 Å². The number of carbonyl (C=O) groups is 1. The highest BCUT2D eigenvalue weighted by molar-refractivity contribution is 7.90. The number of sulfonamides is 1. The number of anilines is 1. The van der Waals surface area contributed by atoms with E-state index in [1.165, 1.54) is 6.07 Å². The first kappa shape index (κ1) is 21.5. The summed E-state index contributed by atoms with van der Waals surface area (Å²) in [5, 5.41) is 10.1. The molecule has 0 fully saturated rings. The lowest BCUT2D eigenvalue weighted by atomic mass is 10.1. The topological polar surface area (TPSA) is 151 Å². The van der Waals surface area contributed by atoms with Crippen LogP contribution in [0.2, 0.25) is 0 Å². The van der Waals surface area contributed by atoms with E-state index in [-0.39, 0.29) is 23.8 Å². The van der Waals surface area contributed by atoms with E-state index in [2.05, 4.69) is 9.71 Å². The monoisotopic (exact) mass is 407 g/mol. The predicted molar refractivity (Wildman–Crippen MR) is 110 cm³/mol. The molecule has 2 aromatic carbocycles. The van der Waals surface area contributed by atoms with Crippen molar-refractivity contribution in [3.8, 4) is 0 Å². The zero-order valence-corrected chi connectivity index (χ0v) is 16.6. The van der Waals surface area contributed by atoms with E-state index in [0.29, 0.717) is 11.8 Å². The van der Waals surface area contributed by atoms with Crippen molar-refractivity contribution in [1.29, 1.82) is 0 Å². The standard InChI is InChI=1S/C18H25N5O4S/c1-23(2)15-9-3-7-13-12(15)6-4-10-16(13)28(26,27)22-18(20)21-11-5-8-14(19)17(24)25/h3-4,6-7,9-10,14H,5,8,11,19H2,1-2H3,(H,24,25)(H3,20,21,22). The smallest absolute Gasteiger partial charge is 0.320 e. The van der Waals surface area contributed by atoms with E-state index in [0.717, 1.165) is 11.1 Å². The molecule has 28 heavy (non-hydrogen) atoms. The number of carboxylic acids is 1. The van der Waals surface area contributed by atoms with E-state index in [9.17, 15) is 13.2 Å². The predicted octanol–water partition coefficient (Wildman–Crippen LogP) is 0.691. The van der Waals surface area contributed by atoms with Crippen molar-refractivity contribution >= 4 is 38.4 Å². The number of hydrogen-bond acceptors (Lipinski definition) is 6. The molecule has 0 aliphatic carbocycles. The molecule has 0 aromatic heterocycles. The molecule has 0 spiro atoms. The first-order valence-electron chi connectivity index (χ1n) is 8.63. The first-order valence-corrected chi connectivity index (χ1v) is 10.1. The molecular weight excluding hydrogens is 382 g/mol. The molecule has 152 valence electrons. The number of aliphatic carboxylic acids is 1. The Balaban J connectivity index is 2.20. The van der Waals surface area contributed by atoms with Crippen molar-refractivity contribution in [2.75, 3.05) is 25.5 Å². The minimum atomic E-state index is -3.94. The Morgan fingerprint density at radius 1 is 1.21 bits per heavy atom. The third kappa shape index (κ3) is 5.11. The van der Waals surface area contributed by atoms with Crippen LogP contribution in [0.15, 0.2) is 46.3 Å². The lowest BCUT2D eigenvalue weighted by molar-refractivity contribution is -0.138. The largest absolute Gasteiger partial charge is 0.480 e. The molecule has 6 N–H and O–H groups in total. The highest BCUT2D eigenvalue weighted by Gasteiger charge is 2.19. The van der Waals surface area contributed by atoms with Gasteiger partial charge < -0.3 is 21.5 Å². The minimum Gasteiger partial charge on any atom is -0.480 e. The second-order valence-corrected chi connectivity index (χ2v) is 8.13. The number of aliphatic imine (C=N–C) groups is 1. The summed E-state index contributed by atoms with van der Waals surface area (Å²) in [5.41, 5.74) is 12.0. The van der Waals surface area contributed by atoms with Crippen LogP contribution in [0.25, 0.3) is 10.8 Å². The lowest BCUT2D eigenvalue weighted by Crippen LogP contribution is -2.37. The van der Waals surface area contributed by atoms with Gasteiger partial charge in [0.25, 0.3) is 10.0 Å². The van der Waals surface area contributed by atoms with Gasteiger partial charge in [0.1, 0.15) is 6.04 Å². The second kappa shape index (κ2) is 8.89. The number of nitrogens with one attached hydrogen (secondary N) is 1. The molecule has 0 amide bonds. The number of guanidine groups is 1. The van der Waals surface area contributed by atoms with Crippen LogP contribution in [0.3, 0.4) is 0 Å². The van der Waals surface area contributed by atoms with Gasteiger partial charge in [-0.2, -0.15) is 0 Å². The van der Waals surface area contributed by atoms with E-state index in [1.807, 2.05) is 31.1 Å². The highest BCUT2D eigenvalue weighted by Crippen LogP contribution is 2.29. The molecule has 10 heteroatoms. The summed E-state index contributed by atoms with van der Waals surface area (Å²) in [6, 6.07) is 9.48. The molecule has 2 rings (SSSR count). The molecule has 2 aromatic rings. The number of nitrogens with two attached hydrogens (primary N) is 2. The maximum absolute atomic E-state index is 12.8. The Kier molecular flexibility index (Phi) is 6.81. The first-order chi connectivity index (χ1) is 13.1. The number of carboxylic acid groups (broad SMARTS) is 1. The van der Waals surface area contributed by atoms with Gasteiger partial charge in [-0.05, 0) is 25.0 Å². The van der Waals surface area contributed by atoms with Crippen molar-refractivity contribution in [3.05, 3.63) is 36.4 Å². The summed E-state index contributed by atoms with van der Waals surface area (Å²) < 4.78 is 27.8. The molecule has 1 unspecified atom stereocenters. The summed E-state index contributed by atoms with van der Waals surface area (Å²) in [4.78, 5) is 16.6. The molecule has 9 nitrogen and oxygen atoms in total. The summed E-state index contributed by atoms with van der Waals surface area (Å²) >= 11 is 0. The van der Waals surface area contributed by atoms with Crippen LogP contribution in [0.4, 0.5) is 5.69 Å². The van der Waals surface area contributed by atoms with Crippen LogP contribution in [0, 0.1) is 0 Å². The summed E-state index contributed by atoms with van der Waals surface area (Å²) in [5.74, 6) is -1.35. The maximum Gasteiger partial charge on any atom is 0.320 e. The molecule has 0 bridgehead atoms. The van der Waals surface area contributed by atoms with E-state index in [4.69, 9.17) is 16.6 Å². The number of fused-ring (bicyclic) bond motifs is 1. The van der Waals surface area contributed by atoms with Crippen molar-refractivity contribution in [2.24, 2.45) is 16.5 Å². The van der Waals surface area contributed by atoms with Gasteiger partial charge in [-0.25, -0.2) is 13.1 Å². The molecule has 0 aliphatic rings. The Labute approximate surface area is 164 Å². The van der Waals surface area contributed by atoms with E-state index >= 15 is 0 Å². The van der Waals surface area contributed by atoms with Crippen LogP contribution in [0.1, 0.15) is 12.8 Å². The SMILES string of the molecule is CN(C)c1cccc2c(S(=O)(=O)NC(N)=NCCCC(N)C(=O)O)cccc12. The number of rotatable bonds is 8. The molecule has 0 heterocycles. The summed E-state index contributed by atoms with van der Waals surface area (Å²) in [6.07, 6.45) is 0.589. The second-order valence-electron chi connectivity index (χ2n) is 6.48.